The van der Waals surface area contributed by atoms with Crippen LogP contribution in [0.3, 0.4) is 0 Å². The predicted molar refractivity (Wildman–Crippen MR) is 50.6 cm³/mol. The monoisotopic (exact) mass is 148 g/mol. The minimum absolute atomic E-state index is 0.0199. The van der Waals surface area contributed by atoms with Gasteiger partial charge in [-0.25, -0.2) is 0 Å². The SMILES string of the molecule is C=Cc1ccccc1[SiH2]C. The van der Waals surface area contributed by atoms with Crippen LogP contribution in [0.1, 0.15) is 5.56 Å². The number of hydrogen-bond donors (Lipinski definition) is 0. The van der Waals surface area contributed by atoms with E-state index in [2.05, 4.69) is 37.4 Å². The largest absolute Gasteiger partial charge is 0.0985 e. The van der Waals surface area contributed by atoms with Crippen molar-refractivity contribution in [2.45, 2.75) is 6.55 Å². The van der Waals surface area contributed by atoms with Crippen LogP contribution >= 0.6 is 0 Å². The molecular weight excluding hydrogens is 136 g/mol. The molecule has 0 aliphatic carbocycles. The van der Waals surface area contributed by atoms with Gasteiger partial charge in [-0.1, -0.05) is 48.7 Å². The molecule has 52 valence electrons. The van der Waals surface area contributed by atoms with Gasteiger partial charge in [-0.05, 0) is 5.56 Å². The Kier molecular flexibility index (Phi) is 2.46. The number of hydrogen-bond acceptors (Lipinski definition) is 0. The molecule has 0 heterocycles. The van der Waals surface area contributed by atoms with Crippen molar-refractivity contribution in [3.63, 3.8) is 0 Å². The van der Waals surface area contributed by atoms with Crippen LogP contribution in [0.25, 0.3) is 6.08 Å². The third kappa shape index (κ3) is 1.36. The summed E-state index contributed by atoms with van der Waals surface area (Å²) >= 11 is 0. The maximum atomic E-state index is 3.76. The number of benzene rings is 1. The van der Waals surface area contributed by atoms with Crippen LogP contribution in [0.15, 0.2) is 30.8 Å². The van der Waals surface area contributed by atoms with Gasteiger partial charge in [0.05, 0.1) is 9.52 Å². The van der Waals surface area contributed by atoms with E-state index < -0.39 is 0 Å². The van der Waals surface area contributed by atoms with E-state index in [1.165, 1.54) is 10.8 Å². The average molecular weight is 148 g/mol. The molecule has 1 aromatic carbocycles. The van der Waals surface area contributed by atoms with E-state index >= 15 is 0 Å². The van der Waals surface area contributed by atoms with Gasteiger partial charge in [0.2, 0.25) is 0 Å². The highest BCUT2D eigenvalue weighted by Gasteiger charge is 1.92. The molecule has 0 aliphatic heterocycles. The highest BCUT2D eigenvalue weighted by Crippen LogP contribution is 1.95. The minimum Gasteiger partial charge on any atom is -0.0985 e. The Hall–Kier alpha value is -0.823. The summed E-state index contributed by atoms with van der Waals surface area (Å²) in [6.45, 7) is 6.06. The molecule has 1 heteroatoms. The molecule has 0 nitrogen and oxygen atoms in total. The summed E-state index contributed by atoms with van der Waals surface area (Å²) in [5, 5.41) is 1.51. The van der Waals surface area contributed by atoms with Crippen molar-refractivity contribution < 1.29 is 0 Å². The van der Waals surface area contributed by atoms with Crippen LogP contribution in [-0.2, 0) is 0 Å². The summed E-state index contributed by atoms with van der Waals surface area (Å²) in [7, 11) is -0.0199. The molecule has 0 aromatic heterocycles. The Morgan fingerprint density at radius 3 is 2.60 bits per heavy atom. The third-order valence-corrected chi connectivity index (χ3v) is 3.06. The van der Waals surface area contributed by atoms with Crippen LogP contribution in [-0.4, -0.2) is 9.52 Å². The lowest BCUT2D eigenvalue weighted by Gasteiger charge is -1.99. The van der Waals surface area contributed by atoms with Crippen molar-refractivity contribution >= 4 is 20.8 Å². The van der Waals surface area contributed by atoms with Crippen LogP contribution in [0.5, 0.6) is 0 Å². The first-order valence-electron chi connectivity index (χ1n) is 3.58. The molecule has 0 bridgehead atoms. The zero-order valence-corrected chi connectivity index (χ0v) is 7.72. The molecule has 0 unspecified atom stereocenters. The smallest absolute Gasteiger partial charge is 0.0524 e. The molecule has 1 rings (SSSR count). The first-order valence-corrected chi connectivity index (χ1v) is 5.71. The Labute approximate surface area is 64.4 Å². The molecule has 0 saturated carbocycles. The van der Waals surface area contributed by atoms with E-state index in [4.69, 9.17) is 0 Å². The fourth-order valence-electron chi connectivity index (χ4n) is 1.06. The zero-order chi connectivity index (χ0) is 7.40. The molecule has 10 heavy (non-hydrogen) atoms. The third-order valence-electron chi connectivity index (χ3n) is 1.66. The van der Waals surface area contributed by atoms with Gasteiger partial charge in [0.15, 0.2) is 0 Å². The van der Waals surface area contributed by atoms with Gasteiger partial charge in [0.1, 0.15) is 0 Å². The lowest BCUT2D eigenvalue weighted by atomic mass is 10.2. The van der Waals surface area contributed by atoms with Gasteiger partial charge in [-0.3, -0.25) is 0 Å². The molecular formula is C9H12Si. The van der Waals surface area contributed by atoms with Gasteiger partial charge < -0.3 is 0 Å². The van der Waals surface area contributed by atoms with Crippen molar-refractivity contribution in [3.8, 4) is 0 Å². The number of rotatable bonds is 2. The molecule has 0 amide bonds. The highest BCUT2D eigenvalue weighted by atomic mass is 28.2. The zero-order valence-electron chi connectivity index (χ0n) is 6.30. The molecule has 0 atom stereocenters. The average Bonchev–Trinajstić information content (AvgIpc) is 2.04. The second-order valence-electron chi connectivity index (χ2n) is 2.26. The van der Waals surface area contributed by atoms with E-state index in [9.17, 15) is 0 Å². The molecule has 1 aromatic rings. The minimum atomic E-state index is -0.0199. The Balaban J connectivity index is 3.08. The second-order valence-corrected chi connectivity index (χ2v) is 3.73. The van der Waals surface area contributed by atoms with Crippen molar-refractivity contribution in [2.24, 2.45) is 0 Å². The summed E-state index contributed by atoms with van der Waals surface area (Å²) in [4.78, 5) is 0. The summed E-state index contributed by atoms with van der Waals surface area (Å²) in [5.41, 5.74) is 1.32. The predicted octanol–water partition coefficient (Wildman–Crippen LogP) is 1.17. The maximum Gasteiger partial charge on any atom is 0.0524 e. The Bertz CT molecular complexity index is 228. The maximum absolute atomic E-state index is 3.76. The summed E-state index contributed by atoms with van der Waals surface area (Å²) in [5.74, 6) is 0. The van der Waals surface area contributed by atoms with Gasteiger partial charge in [-0.15, -0.1) is 0 Å². The van der Waals surface area contributed by atoms with Crippen LogP contribution in [0.2, 0.25) is 6.55 Å². The Morgan fingerprint density at radius 2 is 2.10 bits per heavy atom. The van der Waals surface area contributed by atoms with E-state index in [-0.39, 0.29) is 9.52 Å². The van der Waals surface area contributed by atoms with Gasteiger partial charge >= 0.3 is 0 Å². The second kappa shape index (κ2) is 3.37. The molecule has 0 radical (unpaired) electrons. The Morgan fingerprint density at radius 1 is 1.40 bits per heavy atom. The normalized spacial score (nSPS) is 10.5. The molecule has 0 aliphatic rings. The van der Waals surface area contributed by atoms with Gasteiger partial charge in [0, 0.05) is 0 Å². The van der Waals surface area contributed by atoms with Crippen molar-refractivity contribution in [1.29, 1.82) is 0 Å². The quantitative estimate of drug-likeness (QED) is 0.552. The van der Waals surface area contributed by atoms with E-state index in [1.807, 2.05) is 6.08 Å². The summed E-state index contributed by atoms with van der Waals surface area (Å²) in [6, 6.07) is 8.48. The van der Waals surface area contributed by atoms with E-state index in [0.29, 0.717) is 0 Å². The lowest BCUT2D eigenvalue weighted by Crippen LogP contribution is -2.13. The fourth-order valence-corrected chi connectivity index (χ4v) is 2.10. The van der Waals surface area contributed by atoms with Crippen molar-refractivity contribution in [2.75, 3.05) is 0 Å². The summed E-state index contributed by atoms with van der Waals surface area (Å²) in [6.07, 6.45) is 1.94. The van der Waals surface area contributed by atoms with Crippen LogP contribution in [0, 0.1) is 0 Å². The van der Waals surface area contributed by atoms with Crippen LogP contribution in [0.4, 0.5) is 0 Å². The molecule has 0 spiro atoms. The first-order chi connectivity index (χ1) is 4.88. The first kappa shape index (κ1) is 7.29. The summed E-state index contributed by atoms with van der Waals surface area (Å²) < 4.78 is 0. The van der Waals surface area contributed by atoms with Crippen molar-refractivity contribution in [3.05, 3.63) is 36.4 Å². The molecule has 0 saturated heterocycles. The van der Waals surface area contributed by atoms with E-state index in [0.717, 1.165) is 0 Å². The lowest BCUT2D eigenvalue weighted by molar-refractivity contribution is 1.72. The van der Waals surface area contributed by atoms with Crippen LogP contribution < -0.4 is 5.19 Å². The van der Waals surface area contributed by atoms with Gasteiger partial charge in [-0.2, -0.15) is 0 Å². The highest BCUT2D eigenvalue weighted by molar-refractivity contribution is 6.53. The topological polar surface area (TPSA) is 0 Å². The molecule has 0 N–H and O–H groups in total. The van der Waals surface area contributed by atoms with E-state index in [1.54, 1.807) is 0 Å². The van der Waals surface area contributed by atoms with Gasteiger partial charge in [0.25, 0.3) is 0 Å². The standard InChI is InChI=1S/C9H12Si/c1-3-8-6-4-5-7-9(8)10-2/h3-7H,1,10H2,2H3. The fraction of sp³-hybridized carbons (Fsp3) is 0.111. The molecule has 0 fully saturated rings. The van der Waals surface area contributed by atoms with Crippen molar-refractivity contribution in [1.82, 2.24) is 0 Å².